The van der Waals surface area contributed by atoms with Crippen molar-refractivity contribution in [1.82, 2.24) is 4.90 Å². The van der Waals surface area contributed by atoms with Crippen LogP contribution in [0.15, 0.2) is 54.6 Å². The highest BCUT2D eigenvalue weighted by molar-refractivity contribution is 6.31. The fourth-order valence-corrected chi connectivity index (χ4v) is 5.71. The number of rotatable bonds is 6. The van der Waals surface area contributed by atoms with Crippen LogP contribution >= 0.6 is 11.6 Å². The molecule has 0 bridgehead atoms. The molecule has 196 valence electrons. The number of allylic oxidation sites excluding steroid dienone is 1. The van der Waals surface area contributed by atoms with Crippen LogP contribution < -0.4 is 9.47 Å². The van der Waals surface area contributed by atoms with Gasteiger partial charge in [0.05, 0.1) is 6.57 Å². The van der Waals surface area contributed by atoms with Crippen LogP contribution in [0.3, 0.4) is 0 Å². The molecule has 0 spiro atoms. The number of aromatic hydroxyl groups is 1. The lowest BCUT2D eigenvalue weighted by atomic mass is 9.85. The van der Waals surface area contributed by atoms with Crippen molar-refractivity contribution < 1.29 is 14.6 Å². The summed E-state index contributed by atoms with van der Waals surface area (Å²) in [5.41, 5.74) is 6.09. The standard InChI is InChI=1S/C32H33ClN2O3/c1-19-10-11-35(17-19)21(3)18-37-27-8-6-23(7-9-27)32-31(24-13-25(33)15-26(36)14-24)22(4)28-12-20(2)29(34-5)16-30(28)38-32/h6-9,12-16,19,21,32,36H,10-11,17-18H2,1-4H3/t19-,21+,32?/m1/s1. The Morgan fingerprint density at radius 2 is 1.92 bits per heavy atom. The van der Waals surface area contributed by atoms with Crippen molar-refractivity contribution in [2.75, 3.05) is 19.7 Å². The van der Waals surface area contributed by atoms with Gasteiger partial charge in [-0.1, -0.05) is 36.7 Å². The number of likely N-dealkylation sites (tertiary alicyclic amines) is 1. The van der Waals surface area contributed by atoms with Crippen LogP contribution in [-0.4, -0.2) is 35.7 Å². The van der Waals surface area contributed by atoms with Crippen LogP contribution in [0.4, 0.5) is 5.69 Å². The van der Waals surface area contributed by atoms with Gasteiger partial charge >= 0.3 is 0 Å². The average Bonchev–Trinajstić information content (AvgIpc) is 3.33. The van der Waals surface area contributed by atoms with Gasteiger partial charge in [-0.15, -0.1) is 0 Å². The van der Waals surface area contributed by atoms with Crippen molar-refractivity contribution in [1.29, 1.82) is 0 Å². The molecule has 38 heavy (non-hydrogen) atoms. The molecule has 1 unspecified atom stereocenters. The van der Waals surface area contributed by atoms with Gasteiger partial charge in [0.15, 0.2) is 5.69 Å². The molecular weight excluding hydrogens is 496 g/mol. The maximum atomic E-state index is 10.3. The number of hydrogen-bond acceptors (Lipinski definition) is 4. The summed E-state index contributed by atoms with van der Waals surface area (Å²) in [4.78, 5) is 6.16. The predicted octanol–water partition coefficient (Wildman–Crippen LogP) is 8.08. The minimum absolute atomic E-state index is 0.0992. The summed E-state index contributed by atoms with van der Waals surface area (Å²) in [6.45, 7) is 19.0. The molecule has 2 aliphatic heterocycles. The third kappa shape index (κ3) is 5.25. The lowest BCUT2D eigenvalue weighted by molar-refractivity contribution is 0.169. The van der Waals surface area contributed by atoms with E-state index in [1.807, 2.05) is 49.4 Å². The van der Waals surface area contributed by atoms with Gasteiger partial charge in [0.1, 0.15) is 30.0 Å². The van der Waals surface area contributed by atoms with E-state index in [2.05, 4.69) is 30.5 Å². The molecule has 6 heteroatoms. The Morgan fingerprint density at radius 3 is 2.58 bits per heavy atom. The second kappa shape index (κ2) is 10.7. The number of aryl methyl sites for hydroxylation is 1. The number of benzene rings is 3. The molecule has 0 radical (unpaired) electrons. The molecule has 1 N–H and O–H groups in total. The average molecular weight is 529 g/mol. The maximum absolute atomic E-state index is 10.3. The van der Waals surface area contributed by atoms with Crippen LogP contribution in [0.5, 0.6) is 17.2 Å². The van der Waals surface area contributed by atoms with Gasteiger partial charge in [0, 0.05) is 28.7 Å². The monoisotopic (exact) mass is 528 g/mol. The molecule has 3 aromatic rings. The third-order valence-corrected chi connectivity index (χ3v) is 7.90. The first kappa shape index (κ1) is 26.2. The lowest BCUT2D eigenvalue weighted by Crippen LogP contribution is -2.35. The largest absolute Gasteiger partial charge is 0.508 e. The number of phenols is 1. The molecule has 1 fully saturated rings. The van der Waals surface area contributed by atoms with E-state index in [4.69, 9.17) is 27.6 Å². The number of phenolic OH excluding ortho intramolecular Hbond substituents is 1. The van der Waals surface area contributed by atoms with Crippen molar-refractivity contribution >= 4 is 28.4 Å². The Bertz CT molecular complexity index is 1400. The van der Waals surface area contributed by atoms with Crippen molar-refractivity contribution in [2.45, 2.75) is 46.3 Å². The number of nitrogens with zero attached hydrogens (tertiary/aromatic N) is 2. The van der Waals surface area contributed by atoms with Crippen LogP contribution in [0.1, 0.15) is 55.5 Å². The number of hydrogen-bond donors (Lipinski definition) is 1. The number of ether oxygens (including phenoxy) is 2. The summed E-state index contributed by atoms with van der Waals surface area (Å²) in [5.74, 6) is 2.34. The molecule has 5 rings (SSSR count). The second-order valence-corrected chi connectivity index (χ2v) is 11.0. The highest BCUT2D eigenvalue weighted by Crippen LogP contribution is 2.49. The van der Waals surface area contributed by atoms with Gasteiger partial charge in [0.2, 0.25) is 0 Å². The van der Waals surface area contributed by atoms with Crippen molar-refractivity contribution in [3.05, 3.63) is 93.3 Å². The zero-order valence-electron chi connectivity index (χ0n) is 22.3. The summed E-state index contributed by atoms with van der Waals surface area (Å²) in [7, 11) is 0. The molecule has 3 aromatic carbocycles. The minimum Gasteiger partial charge on any atom is -0.508 e. The summed E-state index contributed by atoms with van der Waals surface area (Å²) in [5, 5.41) is 10.8. The molecule has 1 saturated heterocycles. The zero-order valence-corrected chi connectivity index (χ0v) is 23.0. The maximum Gasteiger partial charge on any atom is 0.193 e. The Kier molecular flexibility index (Phi) is 7.38. The fourth-order valence-electron chi connectivity index (χ4n) is 5.48. The number of fused-ring (bicyclic) bond motifs is 1. The van der Waals surface area contributed by atoms with Gasteiger partial charge in [-0.05, 0) is 98.3 Å². The third-order valence-electron chi connectivity index (χ3n) is 7.68. The van der Waals surface area contributed by atoms with E-state index in [1.54, 1.807) is 6.07 Å². The van der Waals surface area contributed by atoms with E-state index in [1.165, 1.54) is 12.5 Å². The second-order valence-electron chi connectivity index (χ2n) is 10.6. The molecule has 0 saturated carbocycles. The van der Waals surface area contributed by atoms with Crippen LogP contribution in [0.25, 0.3) is 16.0 Å². The normalized spacial score (nSPS) is 20.0. The van der Waals surface area contributed by atoms with E-state index in [9.17, 15) is 5.11 Å². The van der Waals surface area contributed by atoms with Crippen LogP contribution in [-0.2, 0) is 0 Å². The Hall–Kier alpha value is -3.46. The molecule has 0 aliphatic carbocycles. The Balaban J connectivity index is 1.46. The molecule has 5 nitrogen and oxygen atoms in total. The van der Waals surface area contributed by atoms with Crippen molar-refractivity contribution in [2.24, 2.45) is 5.92 Å². The van der Waals surface area contributed by atoms with Gasteiger partial charge in [-0.25, -0.2) is 4.85 Å². The van der Waals surface area contributed by atoms with E-state index < -0.39 is 6.10 Å². The predicted molar refractivity (Wildman–Crippen MR) is 153 cm³/mol. The topological polar surface area (TPSA) is 46.3 Å². The number of halogens is 1. The molecule has 2 aliphatic rings. The first-order valence-corrected chi connectivity index (χ1v) is 13.5. The van der Waals surface area contributed by atoms with E-state index in [0.717, 1.165) is 58.2 Å². The van der Waals surface area contributed by atoms with E-state index >= 15 is 0 Å². The summed E-state index contributed by atoms with van der Waals surface area (Å²) in [6.07, 6.45) is 0.806. The van der Waals surface area contributed by atoms with E-state index in [-0.39, 0.29) is 5.75 Å². The molecule has 0 amide bonds. The highest BCUT2D eigenvalue weighted by atomic mass is 35.5. The van der Waals surface area contributed by atoms with Crippen molar-refractivity contribution in [3.8, 4) is 17.2 Å². The molecule has 0 aromatic heterocycles. The first-order chi connectivity index (χ1) is 18.2. The summed E-state index contributed by atoms with van der Waals surface area (Å²) in [6, 6.07) is 17.3. The smallest absolute Gasteiger partial charge is 0.193 e. The lowest BCUT2D eigenvalue weighted by Gasteiger charge is -2.32. The fraction of sp³-hybridized carbons (Fsp3) is 0.344. The van der Waals surface area contributed by atoms with Gasteiger partial charge in [0.25, 0.3) is 0 Å². The summed E-state index contributed by atoms with van der Waals surface area (Å²) >= 11 is 6.34. The van der Waals surface area contributed by atoms with E-state index in [0.29, 0.717) is 29.1 Å². The molecule has 3 atom stereocenters. The van der Waals surface area contributed by atoms with Crippen LogP contribution in [0, 0.1) is 19.4 Å². The molecular formula is C32H33ClN2O3. The zero-order chi connectivity index (χ0) is 27.0. The molecule has 2 heterocycles. The first-order valence-electron chi connectivity index (χ1n) is 13.1. The quantitative estimate of drug-likeness (QED) is 0.328. The van der Waals surface area contributed by atoms with Crippen molar-refractivity contribution in [3.63, 3.8) is 0 Å². The van der Waals surface area contributed by atoms with Crippen LogP contribution in [0.2, 0.25) is 5.02 Å². The highest BCUT2D eigenvalue weighted by Gasteiger charge is 2.30. The van der Waals surface area contributed by atoms with Gasteiger partial charge < -0.3 is 14.6 Å². The SMILES string of the molecule is [C-]#[N+]c1cc2c(cc1C)C(C)=C(c1cc(O)cc(Cl)c1)C(c1ccc(OC[C@H](C)N3CC[C@@H](C)C3)cc1)O2. The van der Waals surface area contributed by atoms with Gasteiger partial charge in [-0.2, -0.15) is 0 Å². The van der Waals surface area contributed by atoms with Gasteiger partial charge in [-0.3, -0.25) is 4.90 Å². The minimum atomic E-state index is -0.444. The summed E-state index contributed by atoms with van der Waals surface area (Å²) < 4.78 is 12.7. The Morgan fingerprint density at radius 1 is 1.16 bits per heavy atom. The Labute approximate surface area is 230 Å².